The van der Waals surface area contributed by atoms with Crippen molar-refractivity contribution in [3.8, 4) is 11.5 Å². The predicted octanol–water partition coefficient (Wildman–Crippen LogP) is 4.78. The molecule has 144 valence electrons. The van der Waals surface area contributed by atoms with Crippen LogP contribution in [-0.4, -0.2) is 22.1 Å². The molecule has 0 fully saturated rings. The first-order valence-electron chi connectivity index (χ1n) is 7.66. The number of amides is 1. The summed E-state index contributed by atoms with van der Waals surface area (Å²) in [7, 11) is 0. The lowest BCUT2D eigenvalue weighted by Gasteiger charge is -2.19. The Labute approximate surface area is 172 Å². The summed E-state index contributed by atoms with van der Waals surface area (Å²) >= 11 is 12.4. The molecule has 8 nitrogen and oxygen atoms in total. The van der Waals surface area contributed by atoms with E-state index in [0.717, 1.165) is 6.20 Å². The first-order chi connectivity index (χ1) is 13.4. The number of halogens is 2. The molecule has 0 spiro atoms. The Hall–Kier alpha value is -2.88. The number of benzene rings is 2. The minimum atomic E-state index is -1.40. The van der Waals surface area contributed by atoms with Crippen molar-refractivity contribution >= 4 is 50.6 Å². The van der Waals surface area contributed by atoms with Crippen LogP contribution in [0.1, 0.15) is 0 Å². The number of aromatic nitrogens is 1. The highest BCUT2D eigenvalue weighted by molar-refractivity contribution is 7.18. The van der Waals surface area contributed by atoms with E-state index in [9.17, 15) is 14.9 Å². The van der Waals surface area contributed by atoms with Crippen LogP contribution in [0.15, 0.2) is 54.7 Å². The van der Waals surface area contributed by atoms with Crippen molar-refractivity contribution in [2.24, 2.45) is 0 Å². The molecule has 2 aromatic carbocycles. The van der Waals surface area contributed by atoms with Crippen LogP contribution in [0.3, 0.4) is 0 Å². The van der Waals surface area contributed by atoms with E-state index in [2.05, 4.69) is 10.3 Å². The zero-order chi connectivity index (χ0) is 20.1. The highest BCUT2D eigenvalue weighted by Crippen LogP contribution is 2.26. The molecular weight excluding hydrogens is 429 g/mol. The van der Waals surface area contributed by atoms with Crippen LogP contribution >= 0.6 is 34.5 Å². The van der Waals surface area contributed by atoms with Gasteiger partial charge in [-0.15, -0.1) is 0 Å². The standard InChI is InChI=1S/C17H11Cl2N3O5S/c18-10-1-5-12(6-2-10)26-16(27-13-7-3-11(19)4-8-13)15(23)21-17-20-9-14(28-17)22(24)25/h1-9,16H,(H,20,21,23). The van der Waals surface area contributed by atoms with Gasteiger partial charge in [0.2, 0.25) is 0 Å². The van der Waals surface area contributed by atoms with E-state index in [1.54, 1.807) is 48.5 Å². The monoisotopic (exact) mass is 439 g/mol. The summed E-state index contributed by atoms with van der Waals surface area (Å²) in [5, 5.41) is 14.0. The molecule has 0 radical (unpaired) electrons. The summed E-state index contributed by atoms with van der Waals surface area (Å²) in [5.41, 5.74) is 0. The third-order valence-corrected chi connectivity index (χ3v) is 4.60. The zero-order valence-corrected chi connectivity index (χ0v) is 16.2. The van der Waals surface area contributed by atoms with Gasteiger partial charge in [0.1, 0.15) is 17.7 Å². The topological polar surface area (TPSA) is 104 Å². The molecule has 0 bridgehead atoms. The summed E-state index contributed by atoms with van der Waals surface area (Å²) in [6.45, 7) is 0. The molecule has 3 rings (SSSR count). The third-order valence-electron chi connectivity index (χ3n) is 3.23. The first kappa shape index (κ1) is 19.9. The number of hydrogen-bond donors (Lipinski definition) is 1. The first-order valence-corrected chi connectivity index (χ1v) is 9.23. The van der Waals surface area contributed by atoms with Gasteiger partial charge in [-0.3, -0.25) is 20.2 Å². The maximum absolute atomic E-state index is 12.6. The predicted molar refractivity (Wildman–Crippen MR) is 105 cm³/mol. The van der Waals surface area contributed by atoms with Crippen LogP contribution in [0, 0.1) is 10.1 Å². The number of thiazole rings is 1. The Balaban J connectivity index is 1.78. The molecule has 1 aromatic heterocycles. The van der Waals surface area contributed by atoms with Crippen LogP contribution in [0.2, 0.25) is 10.0 Å². The van der Waals surface area contributed by atoms with Crippen LogP contribution in [0.5, 0.6) is 11.5 Å². The number of nitrogens with zero attached hydrogens (tertiary/aromatic N) is 2. The molecule has 0 aliphatic heterocycles. The number of ether oxygens (including phenoxy) is 2. The van der Waals surface area contributed by atoms with E-state index in [0.29, 0.717) is 32.9 Å². The summed E-state index contributed by atoms with van der Waals surface area (Å²) in [6.07, 6.45) is -0.347. The Morgan fingerprint density at radius 2 is 1.54 bits per heavy atom. The second-order valence-electron chi connectivity index (χ2n) is 5.23. The summed E-state index contributed by atoms with van der Waals surface area (Å²) in [6, 6.07) is 12.7. The van der Waals surface area contributed by atoms with Crippen molar-refractivity contribution in [3.05, 3.63) is 74.9 Å². The number of rotatable bonds is 7. The third kappa shape index (κ3) is 5.32. The van der Waals surface area contributed by atoms with Gasteiger partial charge in [-0.25, -0.2) is 4.98 Å². The Morgan fingerprint density at radius 3 is 1.96 bits per heavy atom. The lowest BCUT2D eigenvalue weighted by atomic mass is 10.3. The number of carbonyl (C=O) groups is 1. The molecule has 1 heterocycles. The largest absolute Gasteiger partial charge is 0.446 e. The van der Waals surface area contributed by atoms with Crippen molar-refractivity contribution in [1.82, 2.24) is 4.98 Å². The highest BCUT2D eigenvalue weighted by Gasteiger charge is 2.25. The van der Waals surface area contributed by atoms with E-state index < -0.39 is 17.1 Å². The van der Waals surface area contributed by atoms with Gasteiger partial charge in [0.05, 0.1) is 4.92 Å². The average Bonchev–Trinajstić information content (AvgIpc) is 3.13. The molecule has 3 aromatic rings. The van der Waals surface area contributed by atoms with Crippen LogP contribution in [0.25, 0.3) is 0 Å². The maximum Gasteiger partial charge on any atom is 0.345 e. The molecule has 0 saturated carbocycles. The van der Waals surface area contributed by atoms with Gasteiger partial charge in [-0.2, -0.15) is 0 Å². The minimum Gasteiger partial charge on any atom is -0.446 e. The van der Waals surface area contributed by atoms with Crippen molar-refractivity contribution < 1.29 is 19.2 Å². The molecule has 28 heavy (non-hydrogen) atoms. The van der Waals surface area contributed by atoms with E-state index in [-0.39, 0.29) is 10.1 Å². The number of carbonyl (C=O) groups excluding carboxylic acids is 1. The van der Waals surface area contributed by atoms with E-state index >= 15 is 0 Å². The number of nitrogens with one attached hydrogen (secondary N) is 1. The van der Waals surface area contributed by atoms with Gasteiger partial charge in [-0.1, -0.05) is 23.2 Å². The van der Waals surface area contributed by atoms with Crippen molar-refractivity contribution in [3.63, 3.8) is 0 Å². The molecule has 0 aliphatic carbocycles. The molecule has 0 aliphatic rings. The molecule has 0 atom stereocenters. The fourth-order valence-electron chi connectivity index (χ4n) is 1.98. The summed E-state index contributed by atoms with van der Waals surface area (Å²) in [4.78, 5) is 26.6. The van der Waals surface area contributed by atoms with E-state index in [1.807, 2.05) is 0 Å². The Morgan fingerprint density at radius 1 is 1.04 bits per heavy atom. The second-order valence-corrected chi connectivity index (χ2v) is 7.11. The van der Waals surface area contributed by atoms with Crippen molar-refractivity contribution in [2.75, 3.05) is 5.32 Å². The van der Waals surface area contributed by atoms with Crippen LogP contribution in [-0.2, 0) is 4.79 Å². The molecule has 1 amide bonds. The van der Waals surface area contributed by atoms with Crippen molar-refractivity contribution in [2.45, 2.75) is 6.29 Å². The fourth-order valence-corrected chi connectivity index (χ4v) is 2.86. The Bertz CT molecular complexity index is 932. The highest BCUT2D eigenvalue weighted by atomic mass is 35.5. The smallest absolute Gasteiger partial charge is 0.345 e. The maximum atomic E-state index is 12.6. The summed E-state index contributed by atoms with van der Waals surface area (Å²) in [5.74, 6) is -0.0265. The van der Waals surface area contributed by atoms with Gasteiger partial charge in [0.15, 0.2) is 5.13 Å². The molecule has 0 saturated heterocycles. The zero-order valence-electron chi connectivity index (χ0n) is 13.9. The van der Waals surface area contributed by atoms with E-state index in [1.165, 1.54) is 0 Å². The lowest BCUT2D eigenvalue weighted by molar-refractivity contribution is -0.380. The minimum absolute atomic E-state index is 0.0427. The summed E-state index contributed by atoms with van der Waals surface area (Å²) < 4.78 is 11.2. The average molecular weight is 440 g/mol. The lowest BCUT2D eigenvalue weighted by Crippen LogP contribution is -2.38. The normalized spacial score (nSPS) is 10.5. The van der Waals surface area contributed by atoms with Crippen molar-refractivity contribution in [1.29, 1.82) is 0 Å². The van der Waals surface area contributed by atoms with Gasteiger partial charge in [0.25, 0.3) is 0 Å². The molecular formula is C17H11Cl2N3O5S. The second kappa shape index (κ2) is 8.87. The number of hydrogen-bond acceptors (Lipinski definition) is 7. The van der Waals surface area contributed by atoms with Gasteiger partial charge >= 0.3 is 17.2 Å². The SMILES string of the molecule is O=C(Nc1ncc([N+](=O)[O-])s1)C(Oc1ccc(Cl)cc1)Oc1ccc(Cl)cc1. The molecule has 11 heteroatoms. The quantitative estimate of drug-likeness (QED) is 0.322. The number of nitro groups is 1. The van der Waals surface area contributed by atoms with Crippen LogP contribution in [0.4, 0.5) is 10.1 Å². The Kier molecular flexibility index (Phi) is 6.30. The van der Waals surface area contributed by atoms with Crippen LogP contribution < -0.4 is 14.8 Å². The van der Waals surface area contributed by atoms with Gasteiger partial charge in [0, 0.05) is 10.0 Å². The molecule has 1 N–H and O–H groups in total. The van der Waals surface area contributed by atoms with Gasteiger partial charge in [-0.05, 0) is 59.9 Å². The van der Waals surface area contributed by atoms with Gasteiger partial charge < -0.3 is 9.47 Å². The fraction of sp³-hybridized carbons (Fsp3) is 0.0588. The van der Waals surface area contributed by atoms with E-state index in [4.69, 9.17) is 32.7 Å². The number of anilines is 1. The molecule has 0 unspecified atom stereocenters.